The summed E-state index contributed by atoms with van der Waals surface area (Å²) in [6, 6.07) is 5.96. The lowest BCUT2D eigenvalue weighted by Gasteiger charge is -2.08. The molecule has 0 heterocycles. The maximum absolute atomic E-state index is 5.87. The van der Waals surface area contributed by atoms with Gasteiger partial charge in [0.05, 0.1) is 11.4 Å². The van der Waals surface area contributed by atoms with E-state index in [1.807, 2.05) is 18.2 Å². The Morgan fingerprint density at radius 3 is 2.86 bits per heavy atom. The van der Waals surface area contributed by atoms with Crippen molar-refractivity contribution < 1.29 is 0 Å². The molecule has 14 heavy (non-hydrogen) atoms. The predicted molar refractivity (Wildman–Crippen MR) is 64.3 cm³/mol. The summed E-state index contributed by atoms with van der Waals surface area (Å²) in [5.41, 5.74) is 7.73. The maximum atomic E-state index is 5.87. The minimum atomic E-state index is 0.813. The molecule has 0 amide bonds. The second kappa shape index (κ2) is 3.81. The molecule has 0 aliphatic heterocycles. The molecule has 0 spiro atoms. The van der Waals surface area contributed by atoms with Crippen molar-refractivity contribution >= 4 is 27.3 Å². The number of nitrogen functional groups attached to an aromatic ring is 1. The first-order chi connectivity index (χ1) is 6.66. The van der Waals surface area contributed by atoms with Crippen LogP contribution < -0.4 is 11.1 Å². The lowest BCUT2D eigenvalue weighted by Crippen LogP contribution is -2.06. The van der Waals surface area contributed by atoms with E-state index < -0.39 is 0 Å². The standard InChI is InChI=1S/C11H15BrN2/c1-7-4-8(7)6-14-11-3-2-9(12)5-10(11)13/h2-3,5,7-8,14H,4,6,13H2,1H3. The Bertz CT molecular complexity index is 338. The average molecular weight is 255 g/mol. The van der Waals surface area contributed by atoms with Crippen LogP contribution in [-0.4, -0.2) is 6.54 Å². The van der Waals surface area contributed by atoms with Crippen LogP contribution in [0.25, 0.3) is 0 Å². The summed E-state index contributed by atoms with van der Waals surface area (Å²) in [6.07, 6.45) is 1.35. The van der Waals surface area contributed by atoms with Gasteiger partial charge in [0, 0.05) is 11.0 Å². The minimum Gasteiger partial charge on any atom is -0.397 e. The molecule has 2 nitrogen and oxygen atoms in total. The molecule has 0 radical (unpaired) electrons. The number of nitrogens with one attached hydrogen (secondary N) is 1. The summed E-state index contributed by atoms with van der Waals surface area (Å²) in [4.78, 5) is 0. The Balaban J connectivity index is 1.95. The van der Waals surface area contributed by atoms with Gasteiger partial charge in [0.15, 0.2) is 0 Å². The third-order valence-corrected chi connectivity index (χ3v) is 3.34. The van der Waals surface area contributed by atoms with Crippen molar-refractivity contribution in [2.75, 3.05) is 17.6 Å². The van der Waals surface area contributed by atoms with Gasteiger partial charge in [-0.05, 0) is 36.5 Å². The third-order valence-electron chi connectivity index (χ3n) is 2.84. The van der Waals surface area contributed by atoms with Crippen molar-refractivity contribution in [3.8, 4) is 0 Å². The first-order valence-electron chi connectivity index (χ1n) is 4.95. The van der Waals surface area contributed by atoms with Crippen LogP contribution in [0.5, 0.6) is 0 Å². The lowest BCUT2D eigenvalue weighted by molar-refractivity contribution is 0.787. The number of hydrogen-bond donors (Lipinski definition) is 2. The van der Waals surface area contributed by atoms with Crippen molar-refractivity contribution in [3.05, 3.63) is 22.7 Å². The zero-order chi connectivity index (χ0) is 10.1. The molecule has 2 rings (SSSR count). The highest BCUT2D eigenvalue weighted by Crippen LogP contribution is 2.38. The van der Waals surface area contributed by atoms with E-state index in [9.17, 15) is 0 Å². The van der Waals surface area contributed by atoms with Crippen LogP contribution in [0.15, 0.2) is 22.7 Å². The zero-order valence-electron chi connectivity index (χ0n) is 8.26. The third kappa shape index (κ3) is 2.21. The van der Waals surface area contributed by atoms with Gasteiger partial charge in [0.25, 0.3) is 0 Å². The number of hydrogen-bond acceptors (Lipinski definition) is 2. The van der Waals surface area contributed by atoms with Crippen LogP contribution in [0.3, 0.4) is 0 Å². The molecule has 0 aromatic heterocycles. The largest absolute Gasteiger partial charge is 0.397 e. The monoisotopic (exact) mass is 254 g/mol. The second-order valence-electron chi connectivity index (χ2n) is 4.09. The Labute approximate surface area is 93.0 Å². The summed E-state index contributed by atoms with van der Waals surface area (Å²) in [7, 11) is 0. The number of nitrogens with two attached hydrogens (primary N) is 1. The highest BCUT2D eigenvalue weighted by Gasteiger charge is 2.31. The molecule has 76 valence electrons. The summed E-state index contributed by atoms with van der Waals surface area (Å²) in [6.45, 7) is 3.34. The molecule has 1 aliphatic carbocycles. The van der Waals surface area contributed by atoms with E-state index >= 15 is 0 Å². The van der Waals surface area contributed by atoms with Gasteiger partial charge < -0.3 is 11.1 Å². The van der Waals surface area contributed by atoms with E-state index in [-0.39, 0.29) is 0 Å². The molecule has 2 atom stereocenters. The number of halogens is 1. The van der Waals surface area contributed by atoms with Gasteiger partial charge >= 0.3 is 0 Å². The molecule has 1 fully saturated rings. The predicted octanol–water partition coefficient (Wildman–Crippen LogP) is 3.10. The van der Waals surface area contributed by atoms with Gasteiger partial charge in [0.1, 0.15) is 0 Å². The van der Waals surface area contributed by atoms with Crippen LogP contribution in [-0.2, 0) is 0 Å². The van der Waals surface area contributed by atoms with E-state index in [2.05, 4.69) is 28.2 Å². The molecule has 0 saturated heterocycles. The molecular weight excluding hydrogens is 240 g/mol. The summed E-state index contributed by atoms with van der Waals surface area (Å²) in [5, 5.41) is 3.39. The van der Waals surface area contributed by atoms with Crippen molar-refractivity contribution in [1.29, 1.82) is 0 Å². The van der Waals surface area contributed by atoms with Gasteiger partial charge in [-0.3, -0.25) is 0 Å². The normalized spacial score (nSPS) is 24.7. The smallest absolute Gasteiger partial charge is 0.0574 e. The van der Waals surface area contributed by atoms with Crippen LogP contribution >= 0.6 is 15.9 Å². The van der Waals surface area contributed by atoms with E-state index in [1.165, 1.54) is 6.42 Å². The van der Waals surface area contributed by atoms with Crippen molar-refractivity contribution in [2.24, 2.45) is 11.8 Å². The molecule has 1 aliphatic rings. The zero-order valence-corrected chi connectivity index (χ0v) is 9.84. The number of benzene rings is 1. The molecule has 1 saturated carbocycles. The Kier molecular flexibility index (Phi) is 2.68. The van der Waals surface area contributed by atoms with E-state index in [1.54, 1.807) is 0 Å². The van der Waals surface area contributed by atoms with Gasteiger partial charge in [-0.1, -0.05) is 22.9 Å². The fourth-order valence-corrected chi connectivity index (χ4v) is 2.00. The summed E-state index contributed by atoms with van der Waals surface area (Å²) >= 11 is 3.39. The Hall–Kier alpha value is -0.700. The van der Waals surface area contributed by atoms with E-state index in [0.29, 0.717) is 0 Å². The lowest BCUT2D eigenvalue weighted by atomic mass is 10.2. The van der Waals surface area contributed by atoms with Crippen molar-refractivity contribution in [3.63, 3.8) is 0 Å². The molecule has 2 unspecified atom stereocenters. The quantitative estimate of drug-likeness (QED) is 0.814. The Morgan fingerprint density at radius 2 is 2.29 bits per heavy atom. The number of rotatable bonds is 3. The van der Waals surface area contributed by atoms with Crippen molar-refractivity contribution in [2.45, 2.75) is 13.3 Å². The summed E-state index contributed by atoms with van der Waals surface area (Å²) in [5.74, 6) is 1.73. The van der Waals surface area contributed by atoms with Crippen LogP contribution in [0.1, 0.15) is 13.3 Å². The summed E-state index contributed by atoms with van der Waals surface area (Å²) < 4.78 is 1.03. The second-order valence-corrected chi connectivity index (χ2v) is 5.00. The molecule has 0 bridgehead atoms. The number of anilines is 2. The first-order valence-corrected chi connectivity index (χ1v) is 5.75. The highest BCUT2D eigenvalue weighted by molar-refractivity contribution is 9.10. The SMILES string of the molecule is CC1CC1CNc1ccc(Br)cc1N. The van der Waals surface area contributed by atoms with Crippen LogP contribution in [0.2, 0.25) is 0 Å². The minimum absolute atomic E-state index is 0.813. The molecule has 3 heteroatoms. The molecule has 1 aromatic rings. The fourth-order valence-electron chi connectivity index (χ4n) is 1.62. The molecule has 3 N–H and O–H groups in total. The topological polar surface area (TPSA) is 38.0 Å². The van der Waals surface area contributed by atoms with Crippen molar-refractivity contribution in [1.82, 2.24) is 0 Å². The van der Waals surface area contributed by atoms with E-state index in [0.717, 1.165) is 34.2 Å². The molecule has 1 aromatic carbocycles. The van der Waals surface area contributed by atoms with Gasteiger partial charge in [-0.2, -0.15) is 0 Å². The maximum Gasteiger partial charge on any atom is 0.0574 e. The van der Waals surface area contributed by atoms with Crippen LogP contribution in [0.4, 0.5) is 11.4 Å². The highest BCUT2D eigenvalue weighted by atomic mass is 79.9. The Morgan fingerprint density at radius 1 is 1.57 bits per heavy atom. The first kappa shape index (κ1) is 9.84. The fraction of sp³-hybridized carbons (Fsp3) is 0.455. The molecular formula is C11H15BrN2. The van der Waals surface area contributed by atoms with Gasteiger partial charge in [-0.15, -0.1) is 0 Å². The van der Waals surface area contributed by atoms with Gasteiger partial charge in [0.2, 0.25) is 0 Å². The van der Waals surface area contributed by atoms with E-state index in [4.69, 9.17) is 5.73 Å². The average Bonchev–Trinajstić information content (AvgIpc) is 2.80. The van der Waals surface area contributed by atoms with Gasteiger partial charge in [-0.25, -0.2) is 0 Å². The van der Waals surface area contributed by atoms with Crippen LogP contribution in [0, 0.1) is 11.8 Å².